The Morgan fingerprint density at radius 2 is 1.71 bits per heavy atom. The van der Waals surface area contributed by atoms with Crippen LogP contribution in [0.25, 0.3) is 11.0 Å². The Kier molecular flexibility index (Phi) is 5.59. The van der Waals surface area contributed by atoms with Crippen LogP contribution in [-0.4, -0.2) is 33.7 Å². The predicted molar refractivity (Wildman–Crippen MR) is 104 cm³/mol. The van der Waals surface area contributed by atoms with Gasteiger partial charge in [-0.2, -0.15) is 0 Å². The molecule has 0 spiro atoms. The van der Waals surface area contributed by atoms with Gasteiger partial charge in [0.25, 0.3) is 5.91 Å². The van der Waals surface area contributed by atoms with Gasteiger partial charge in [0.15, 0.2) is 0 Å². The maximum atomic E-state index is 12.5. The van der Waals surface area contributed by atoms with Gasteiger partial charge in [-0.05, 0) is 36.4 Å². The number of amides is 3. The number of nitrogens with two attached hydrogens (primary N) is 1. The molecule has 2 aromatic carbocycles. The van der Waals surface area contributed by atoms with E-state index in [0.29, 0.717) is 22.5 Å². The fourth-order valence-electron chi connectivity index (χ4n) is 2.68. The van der Waals surface area contributed by atoms with Gasteiger partial charge in [0, 0.05) is 30.8 Å². The molecule has 0 aliphatic carbocycles. The number of hydrogen-bond donors (Lipinski definition) is 3. The third kappa shape index (κ3) is 4.67. The number of anilines is 1. The Labute approximate surface area is 161 Å². The third-order valence-electron chi connectivity index (χ3n) is 4.03. The minimum absolute atomic E-state index is 0.128. The summed E-state index contributed by atoms with van der Waals surface area (Å²) in [5.41, 5.74) is 8.35. The van der Waals surface area contributed by atoms with Gasteiger partial charge in [-0.25, -0.2) is 4.98 Å². The molecule has 8 nitrogen and oxygen atoms in total. The summed E-state index contributed by atoms with van der Waals surface area (Å²) >= 11 is 0. The monoisotopic (exact) mass is 377 g/mol. The van der Waals surface area contributed by atoms with Gasteiger partial charge in [0.2, 0.25) is 11.8 Å². The fourth-order valence-corrected chi connectivity index (χ4v) is 2.68. The van der Waals surface area contributed by atoms with E-state index in [1.807, 2.05) is 24.3 Å². The van der Waals surface area contributed by atoms with Crippen LogP contribution in [0.5, 0.6) is 0 Å². The Morgan fingerprint density at radius 1 is 1.04 bits per heavy atom. The number of hydrogen-bond acceptors (Lipinski definition) is 5. The van der Waals surface area contributed by atoms with Crippen LogP contribution in [-0.2, 0) is 16.0 Å². The topological polar surface area (TPSA) is 127 Å². The van der Waals surface area contributed by atoms with E-state index in [1.165, 1.54) is 6.92 Å². The molecule has 1 heterocycles. The molecule has 0 bridgehead atoms. The van der Waals surface area contributed by atoms with Gasteiger partial charge in [0.05, 0.1) is 16.7 Å². The third-order valence-corrected chi connectivity index (χ3v) is 4.03. The minimum atomic E-state index is -0.932. The number of aromatic nitrogens is 2. The van der Waals surface area contributed by atoms with Crippen LogP contribution >= 0.6 is 0 Å². The first-order chi connectivity index (χ1) is 13.4. The average molecular weight is 377 g/mol. The number of carbonyl (C=O) groups excluding carboxylic acids is 3. The lowest BCUT2D eigenvalue weighted by molar-refractivity contribution is -0.119. The number of para-hydroxylation sites is 2. The molecular formula is C20H19N5O3. The lowest BCUT2D eigenvalue weighted by atomic mass is 10.1. The molecule has 1 atom stereocenters. The summed E-state index contributed by atoms with van der Waals surface area (Å²) in [4.78, 5) is 44.1. The van der Waals surface area contributed by atoms with E-state index in [0.717, 1.165) is 5.52 Å². The van der Waals surface area contributed by atoms with Crippen molar-refractivity contribution in [3.05, 3.63) is 66.0 Å². The zero-order valence-electron chi connectivity index (χ0n) is 15.2. The lowest BCUT2D eigenvalue weighted by Crippen LogP contribution is -2.46. The van der Waals surface area contributed by atoms with Crippen LogP contribution in [0.15, 0.2) is 54.7 Å². The van der Waals surface area contributed by atoms with Gasteiger partial charge in [0.1, 0.15) is 6.04 Å². The van der Waals surface area contributed by atoms with Crippen molar-refractivity contribution in [2.24, 2.45) is 5.73 Å². The van der Waals surface area contributed by atoms with E-state index in [1.54, 1.807) is 30.5 Å². The first-order valence-electron chi connectivity index (χ1n) is 8.61. The van der Waals surface area contributed by atoms with Crippen molar-refractivity contribution in [2.45, 2.75) is 19.4 Å². The van der Waals surface area contributed by atoms with E-state index in [9.17, 15) is 14.4 Å². The highest BCUT2D eigenvalue weighted by Gasteiger charge is 2.20. The number of benzene rings is 2. The van der Waals surface area contributed by atoms with Gasteiger partial charge < -0.3 is 16.4 Å². The molecule has 0 unspecified atom stereocenters. The predicted octanol–water partition coefficient (Wildman–Crippen LogP) is 1.41. The molecule has 0 aliphatic heterocycles. The number of rotatable bonds is 6. The summed E-state index contributed by atoms with van der Waals surface area (Å²) in [6, 6.07) is 12.7. The van der Waals surface area contributed by atoms with E-state index in [4.69, 9.17) is 5.73 Å². The molecule has 3 aromatic rings. The number of nitrogens with one attached hydrogen (secondary N) is 2. The molecule has 0 fully saturated rings. The van der Waals surface area contributed by atoms with Crippen molar-refractivity contribution in [1.82, 2.24) is 15.3 Å². The Morgan fingerprint density at radius 3 is 2.36 bits per heavy atom. The largest absolute Gasteiger partial charge is 0.368 e. The van der Waals surface area contributed by atoms with Crippen LogP contribution < -0.4 is 16.4 Å². The smallest absolute Gasteiger partial charge is 0.251 e. The first kappa shape index (κ1) is 19.0. The van der Waals surface area contributed by atoms with Crippen molar-refractivity contribution < 1.29 is 14.4 Å². The second-order valence-electron chi connectivity index (χ2n) is 6.24. The Hall–Kier alpha value is -3.81. The first-order valence-corrected chi connectivity index (χ1v) is 8.61. The molecule has 0 saturated heterocycles. The van der Waals surface area contributed by atoms with E-state index < -0.39 is 17.9 Å². The van der Waals surface area contributed by atoms with Crippen LogP contribution in [0.4, 0.5) is 5.69 Å². The van der Waals surface area contributed by atoms with Gasteiger partial charge >= 0.3 is 0 Å². The van der Waals surface area contributed by atoms with Crippen LogP contribution in [0.1, 0.15) is 23.0 Å². The summed E-state index contributed by atoms with van der Waals surface area (Å²) < 4.78 is 0. The molecule has 0 aliphatic rings. The highest BCUT2D eigenvalue weighted by atomic mass is 16.2. The summed E-state index contributed by atoms with van der Waals surface area (Å²) in [6.07, 6.45) is 1.69. The zero-order chi connectivity index (χ0) is 20.1. The average Bonchev–Trinajstić information content (AvgIpc) is 2.67. The van der Waals surface area contributed by atoms with Gasteiger partial charge in [-0.3, -0.25) is 19.4 Å². The summed E-state index contributed by atoms with van der Waals surface area (Å²) in [7, 11) is 0. The molecule has 142 valence electrons. The van der Waals surface area contributed by atoms with E-state index in [-0.39, 0.29) is 12.3 Å². The summed E-state index contributed by atoms with van der Waals surface area (Å²) in [5.74, 6) is -1.33. The maximum Gasteiger partial charge on any atom is 0.251 e. The SMILES string of the molecule is CC(=O)Nc1ccc(C(=O)N[C@@H](Cc2cnc3ccccc3n2)C(N)=O)cc1. The highest BCUT2D eigenvalue weighted by Crippen LogP contribution is 2.12. The molecule has 8 heteroatoms. The quantitative estimate of drug-likeness (QED) is 0.599. The lowest BCUT2D eigenvalue weighted by Gasteiger charge is -2.15. The normalized spacial score (nSPS) is 11.6. The van der Waals surface area contributed by atoms with Gasteiger partial charge in [-0.1, -0.05) is 12.1 Å². The number of nitrogens with zero attached hydrogens (tertiary/aromatic N) is 2. The molecule has 4 N–H and O–H groups in total. The van der Waals surface area contributed by atoms with Crippen molar-refractivity contribution in [1.29, 1.82) is 0 Å². The van der Waals surface area contributed by atoms with Crippen molar-refractivity contribution >= 4 is 34.4 Å². The number of carbonyl (C=O) groups is 3. The van der Waals surface area contributed by atoms with Gasteiger partial charge in [-0.15, -0.1) is 0 Å². The summed E-state index contributed by atoms with van der Waals surface area (Å²) in [5, 5.41) is 5.24. The van der Waals surface area contributed by atoms with Crippen molar-refractivity contribution in [3.63, 3.8) is 0 Å². The Bertz CT molecular complexity index is 1030. The van der Waals surface area contributed by atoms with Crippen LogP contribution in [0.2, 0.25) is 0 Å². The molecule has 1 aromatic heterocycles. The fraction of sp³-hybridized carbons (Fsp3) is 0.150. The second kappa shape index (κ2) is 8.26. The molecule has 0 radical (unpaired) electrons. The molecule has 0 saturated carbocycles. The molecule has 3 rings (SSSR count). The molecule has 28 heavy (non-hydrogen) atoms. The summed E-state index contributed by atoms with van der Waals surface area (Å²) in [6.45, 7) is 1.40. The van der Waals surface area contributed by atoms with Crippen molar-refractivity contribution in [3.8, 4) is 0 Å². The minimum Gasteiger partial charge on any atom is -0.368 e. The van der Waals surface area contributed by atoms with Crippen molar-refractivity contribution in [2.75, 3.05) is 5.32 Å². The zero-order valence-corrected chi connectivity index (χ0v) is 15.2. The molecule has 3 amide bonds. The molecular weight excluding hydrogens is 358 g/mol. The second-order valence-corrected chi connectivity index (χ2v) is 6.24. The number of fused-ring (bicyclic) bond motifs is 1. The Balaban J connectivity index is 1.72. The number of primary amides is 1. The van der Waals surface area contributed by atoms with E-state index >= 15 is 0 Å². The standard InChI is InChI=1S/C20H19N5O3/c1-12(26)23-14-8-6-13(7-9-14)20(28)25-18(19(21)27)10-15-11-22-16-4-2-3-5-17(16)24-15/h2-9,11,18H,10H2,1H3,(H2,21,27)(H,23,26)(H,25,28)/t18-/m0/s1. The maximum absolute atomic E-state index is 12.5. The van der Waals surface area contributed by atoms with E-state index in [2.05, 4.69) is 20.6 Å². The van der Waals surface area contributed by atoms with Crippen LogP contribution in [0.3, 0.4) is 0 Å². The van der Waals surface area contributed by atoms with Crippen LogP contribution in [0, 0.1) is 0 Å². The highest BCUT2D eigenvalue weighted by molar-refractivity contribution is 5.98.